The van der Waals surface area contributed by atoms with E-state index in [0.29, 0.717) is 26.1 Å². The molecule has 1 aliphatic carbocycles. The molecule has 29 heavy (non-hydrogen) atoms. The first kappa shape index (κ1) is 20.4. The Kier molecular flexibility index (Phi) is 5.04. The number of aromatic nitrogens is 1. The lowest BCUT2D eigenvalue weighted by Crippen LogP contribution is -2.31. The normalized spacial score (nSPS) is 15.4. The molecule has 0 atom stereocenters. The van der Waals surface area contributed by atoms with Crippen LogP contribution in [0, 0.1) is 12.3 Å². The van der Waals surface area contributed by atoms with E-state index in [1.165, 1.54) is 3.97 Å². The van der Waals surface area contributed by atoms with Crippen molar-refractivity contribution in [3.05, 3.63) is 63.2 Å². The van der Waals surface area contributed by atoms with Gasteiger partial charge in [0.1, 0.15) is 0 Å². The van der Waals surface area contributed by atoms with E-state index in [-0.39, 0.29) is 22.8 Å². The summed E-state index contributed by atoms with van der Waals surface area (Å²) in [6.07, 6.45) is 1.71. The van der Waals surface area contributed by atoms with Crippen LogP contribution in [0.25, 0.3) is 10.9 Å². The van der Waals surface area contributed by atoms with Gasteiger partial charge in [0.2, 0.25) is 5.91 Å². The molecule has 8 heteroatoms. The summed E-state index contributed by atoms with van der Waals surface area (Å²) in [5.41, 5.74) is 1.62. The molecule has 1 aromatic heterocycles. The van der Waals surface area contributed by atoms with E-state index in [1.807, 2.05) is 13.8 Å². The second-order valence-corrected chi connectivity index (χ2v) is 10.8. The van der Waals surface area contributed by atoms with Crippen molar-refractivity contribution in [1.29, 1.82) is 0 Å². The second-order valence-electron chi connectivity index (χ2n) is 7.79. The molecule has 0 saturated heterocycles. The third-order valence-electron chi connectivity index (χ3n) is 5.41. The quantitative estimate of drug-likeness (QED) is 0.540. The highest BCUT2D eigenvalue weighted by molar-refractivity contribution is 9.10. The molecule has 0 aliphatic heterocycles. The number of hydrogen-bond donors (Lipinski definition) is 1. The Labute approximate surface area is 183 Å². The lowest BCUT2D eigenvalue weighted by Gasteiger charge is -2.14. The first-order valence-corrected chi connectivity index (χ1v) is 11.8. The smallest absolute Gasteiger partial charge is 0.268 e. The van der Waals surface area contributed by atoms with Crippen molar-refractivity contribution < 1.29 is 13.2 Å². The fourth-order valence-corrected chi connectivity index (χ4v) is 5.29. The molecule has 1 saturated carbocycles. The molecule has 5 nitrogen and oxygen atoms in total. The van der Waals surface area contributed by atoms with Crippen LogP contribution in [0.15, 0.2) is 51.8 Å². The molecular formula is C21H20BrClN2O3S. The topological polar surface area (TPSA) is 68.2 Å². The maximum absolute atomic E-state index is 13.5. The average molecular weight is 496 g/mol. The molecule has 0 spiro atoms. The molecule has 1 aliphatic rings. The van der Waals surface area contributed by atoms with Gasteiger partial charge in [0.05, 0.1) is 27.7 Å². The number of amides is 1. The predicted octanol–water partition coefficient (Wildman–Crippen LogP) is 5.02. The lowest BCUT2D eigenvalue weighted by atomic mass is 10.1. The zero-order valence-electron chi connectivity index (χ0n) is 16.0. The Morgan fingerprint density at radius 3 is 2.48 bits per heavy atom. The summed E-state index contributed by atoms with van der Waals surface area (Å²) in [4.78, 5) is 12.6. The highest BCUT2D eigenvalue weighted by Gasteiger charge is 2.44. The zero-order valence-corrected chi connectivity index (χ0v) is 19.2. The van der Waals surface area contributed by atoms with Gasteiger partial charge in [-0.3, -0.25) is 4.79 Å². The average Bonchev–Trinajstić information content (AvgIpc) is 3.32. The van der Waals surface area contributed by atoms with Crippen LogP contribution in [0.5, 0.6) is 0 Å². The Balaban J connectivity index is 1.84. The van der Waals surface area contributed by atoms with Gasteiger partial charge in [0.25, 0.3) is 10.0 Å². The van der Waals surface area contributed by atoms with Crippen molar-refractivity contribution in [2.24, 2.45) is 5.41 Å². The van der Waals surface area contributed by atoms with Crippen LogP contribution in [-0.2, 0) is 21.4 Å². The van der Waals surface area contributed by atoms with E-state index in [1.54, 1.807) is 42.5 Å². The van der Waals surface area contributed by atoms with E-state index < -0.39 is 10.0 Å². The number of halogens is 2. The third kappa shape index (κ3) is 3.71. The molecule has 4 rings (SSSR count). The first-order valence-electron chi connectivity index (χ1n) is 9.22. The van der Waals surface area contributed by atoms with Gasteiger partial charge in [-0.2, -0.15) is 0 Å². The maximum atomic E-state index is 13.5. The maximum Gasteiger partial charge on any atom is 0.268 e. The summed E-state index contributed by atoms with van der Waals surface area (Å²) in [5.74, 6) is -0.0544. The Morgan fingerprint density at radius 1 is 1.21 bits per heavy atom. The molecule has 0 bridgehead atoms. The van der Waals surface area contributed by atoms with Gasteiger partial charge in [-0.1, -0.05) is 36.2 Å². The summed E-state index contributed by atoms with van der Waals surface area (Å²) < 4.78 is 28.9. The van der Waals surface area contributed by atoms with Gasteiger partial charge < -0.3 is 5.32 Å². The van der Waals surface area contributed by atoms with Crippen LogP contribution in [0.3, 0.4) is 0 Å². The van der Waals surface area contributed by atoms with E-state index >= 15 is 0 Å². The number of hydrogen-bond acceptors (Lipinski definition) is 3. The molecule has 1 heterocycles. The fraction of sp³-hybridized carbons (Fsp3) is 0.286. The molecule has 1 N–H and O–H groups in total. The number of nitrogens with zero attached hydrogens (tertiary/aromatic N) is 1. The Bertz CT molecular complexity index is 1230. The van der Waals surface area contributed by atoms with E-state index in [2.05, 4.69) is 21.2 Å². The molecule has 0 radical (unpaired) electrons. The van der Waals surface area contributed by atoms with Gasteiger partial charge >= 0.3 is 0 Å². The molecule has 1 fully saturated rings. The number of aryl methyl sites for hydroxylation is 1. The fourth-order valence-electron chi connectivity index (χ4n) is 3.26. The van der Waals surface area contributed by atoms with Gasteiger partial charge in [0, 0.05) is 15.3 Å². The summed E-state index contributed by atoms with van der Waals surface area (Å²) in [6, 6.07) is 11.9. The second kappa shape index (κ2) is 7.15. The van der Waals surface area contributed by atoms with E-state index in [0.717, 1.165) is 18.4 Å². The van der Waals surface area contributed by atoms with Crippen molar-refractivity contribution in [3.8, 4) is 0 Å². The van der Waals surface area contributed by atoms with Gasteiger partial charge in [-0.05, 0) is 66.0 Å². The molecule has 2 aromatic carbocycles. The van der Waals surface area contributed by atoms with Gasteiger partial charge in [0.15, 0.2) is 0 Å². The van der Waals surface area contributed by atoms with Crippen molar-refractivity contribution in [1.82, 2.24) is 9.29 Å². The molecule has 1 amide bonds. The van der Waals surface area contributed by atoms with Gasteiger partial charge in [-0.25, -0.2) is 12.4 Å². The molecule has 152 valence electrons. The summed E-state index contributed by atoms with van der Waals surface area (Å²) in [5, 5.41) is 4.08. The van der Waals surface area contributed by atoms with Crippen LogP contribution >= 0.6 is 27.5 Å². The monoisotopic (exact) mass is 494 g/mol. The minimum Gasteiger partial charge on any atom is -0.350 e. The van der Waals surface area contributed by atoms with E-state index in [9.17, 15) is 13.2 Å². The highest BCUT2D eigenvalue weighted by Crippen LogP contribution is 2.45. The number of carbonyl (C=O) groups is 1. The minimum atomic E-state index is -3.87. The third-order valence-corrected chi connectivity index (χ3v) is 8.39. The summed E-state index contributed by atoms with van der Waals surface area (Å²) >= 11 is 9.60. The molecular weight excluding hydrogens is 476 g/mol. The lowest BCUT2D eigenvalue weighted by molar-refractivity contribution is -0.125. The van der Waals surface area contributed by atoms with Gasteiger partial charge in [-0.15, -0.1) is 0 Å². The van der Waals surface area contributed by atoms with Crippen molar-refractivity contribution >= 4 is 54.4 Å². The highest BCUT2D eigenvalue weighted by atomic mass is 79.9. The number of carbonyl (C=O) groups excluding carboxylic acids is 1. The SMILES string of the molecule is Cc1ccc(S(=O)(=O)n2c(CNC(=O)C3(C)CC3)cc3cc(Cl)c(Br)cc32)cc1. The Hall–Kier alpha value is -1.83. The van der Waals surface area contributed by atoms with Crippen LogP contribution < -0.4 is 5.32 Å². The predicted molar refractivity (Wildman–Crippen MR) is 118 cm³/mol. The summed E-state index contributed by atoms with van der Waals surface area (Å²) in [7, 11) is -3.87. The molecule has 3 aromatic rings. The first-order chi connectivity index (χ1) is 13.6. The molecule has 0 unspecified atom stereocenters. The minimum absolute atomic E-state index is 0.0544. The van der Waals surface area contributed by atoms with E-state index in [4.69, 9.17) is 11.6 Å². The number of benzene rings is 2. The van der Waals surface area contributed by atoms with Crippen LogP contribution in [0.4, 0.5) is 0 Å². The van der Waals surface area contributed by atoms with Crippen LogP contribution in [0.2, 0.25) is 5.02 Å². The Morgan fingerprint density at radius 2 is 1.86 bits per heavy atom. The standard InChI is InChI=1S/C21H20BrClN2O3S/c1-13-3-5-16(6-4-13)29(27,28)25-15(12-24-20(26)21(2)7-8-21)9-14-10-18(23)17(22)11-19(14)25/h3-6,9-11H,7-8,12H2,1-2H3,(H,24,26). The number of nitrogens with one attached hydrogen (secondary N) is 1. The zero-order chi connectivity index (χ0) is 21.0. The van der Waals surface area contributed by atoms with Crippen LogP contribution in [-0.4, -0.2) is 18.3 Å². The van der Waals surface area contributed by atoms with Crippen LogP contribution in [0.1, 0.15) is 31.0 Å². The number of rotatable bonds is 5. The summed E-state index contributed by atoms with van der Waals surface area (Å²) in [6.45, 7) is 3.93. The van der Waals surface area contributed by atoms with Crippen molar-refractivity contribution in [3.63, 3.8) is 0 Å². The largest absolute Gasteiger partial charge is 0.350 e. The van der Waals surface area contributed by atoms with Crippen molar-refractivity contribution in [2.45, 2.75) is 38.1 Å². The van der Waals surface area contributed by atoms with Crippen molar-refractivity contribution in [2.75, 3.05) is 0 Å². The number of fused-ring (bicyclic) bond motifs is 1.